The first-order valence-electron chi connectivity index (χ1n) is 18.4. The second kappa shape index (κ2) is 16.7. The minimum absolute atomic E-state index is 0.0164. The van der Waals surface area contributed by atoms with Crippen LogP contribution in [0, 0.1) is 17.3 Å². The quantitative estimate of drug-likeness (QED) is 0.216. The van der Waals surface area contributed by atoms with Crippen molar-refractivity contribution in [3.63, 3.8) is 0 Å². The highest BCUT2D eigenvalue weighted by atomic mass is 16.5. The number of carbonyl (C=O) groups excluding carboxylic acids is 2. The fourth-order valence-electron chi connectivity index (χ4n) is 7.30. The summed E-state index contributed by atoms with van der Waals surface area (Å²) in [6.07, 6.45) is 5.96. The highest BCUT2D eigenvalue weighted by Gasteiger charge is 2.47. The van der Waals surface area contributed by atoms with E-state index in [1.165, 1.54) is 6.42 Å². The third-order valence-corrected chi connectivity index (χ3v) is 9.89. The largest absolute Gasteiger partial charge is 0.494 e. The number of ether oxygens (including phenoxy) is 2. The van der Waals surface area contributed by atoms with Gasteiger partial charge in [-0.2, -0.15) is 0 Å². The van der Waals surface area contributed by atoms with Crippen molar-refractivity contribution in [2.45, 2.75) is 84.9 Å². The standard InChI is InChI=1S/C35H46N4O4.C6H8O2/c1-6-36-33(40)30-21-26(23-39(30)34(41)32(35(3,4)5)38-18-12-9-13-19-38)43-31-22-28(24-14-10-8-11-15-24)37-29-20-25(42-7-2)16-17-27(29)31;1-2-4-3-5(4)6(7)8/h8,10-11,14-17,20,22,26,30,32H,6-7,9,12-13,18-19,21,23H2,1-5H3,(H,36,40);2,4-5H,1,3H2,(H,7,8)/t26-,30+,32-;/m1./s1. The van der Waals surface area contributed by atoms with Crippen LogP contribution in [0.25, 0.3) is 22.2 Å². The number of carbonyl (C=O) groups is 3. The highest BCUT2D eigenvalue weighted by Crippen LogP contribution is 2.39. The Morgan fingerprint density at radius 2 is 1.76 bits per heavy atom. The van der Waals surface area contributed by atoms with E-state index in [4.69, 9.17) is 19.6 Å². The van der Waals surface area contributed by atoms with Crippen LogP contribution in [0.2, 0.25) is 0 Å². The molecule has 0 bridgehead atoms. The third-order valence-electron chi connectivity index (χ3n) is 9.89. The number of carboxylic acids is 1. The number of likely N-dealkylation sites (tertiary alicyclic amines) is 2. The molecule has 2 saturated heterocycles. The smallest absolute Gasteiger partial charge is 0.307 e. The Hall–Kier alpha value is -4.44. The van der Waals surface area contributed by atoms with Crippen LogP contribution < -0.4 is 14.8 Å². The molecule has 1 saturated carbocycles. The zero-order valence-electron chi connectivity index (χ0n) is 30.8. The molecule has 3 fully saturated rings. The number of amides is 2. The molecule has 10 heteroatoms. The molecule has 10 nitrogen and oxygen atoms in total. The lowest BCUT2D eigenvalue weighted by atomic mass is 9.83. The summed E-state index contributed by atoms with van der Waals surface area (Å²) >= 11 is 0. The summed E-state index contributed by atoms with van der Waals surface area (Å²) in [4.78, 5) is 46.9. The molecule has 6 rings (SSSR count). The van der Waals surface area contributed by atoms with Crippen molar-refractivity contribution >= 4 is 28.7 Å². The van der Waals surface area contributed by atoms with Crippen molar-refractivity contribution in [3.8, 4) is 22.8 Å². The van der Waals surface area contributed by atoms with Crippen LogP contribution in [0.1, 0.15) is 66.7 Å². The Labute approximate surface area is 302 Å². The summed E-state index contributed by atoms with van der Waals surface area (Å²) < 4.78 is 12.5. The molecule has 2 aromatic carbocycles. The van der Waals surface area contributed by atoms with E-state index in [1.807, 2.05) is 68.4 Å². The maximum absolute atomic E-state index is 14.4. The van der Waals surface area contributed by atoms with Crippen LogP contribution in [-0.2, 0) is 14.4 Å². The summed E-state index contributed by atoms with van der Waals surface area (Å²) in [6.45, 7) is 17.0. The van der Waals surface area contributed by atoms with E-state index in [0.29, 0.717) is 31.9 Å². The van der Waals surface area contributed by atoms with Crippen molar-refractivity contribution < 1.29 is 29.0 Å². The van der Waals surface area contributed by atoms with Crippen molar-refractivity contribution in [1.29, 1.82) is 0 Å². The number of allylic oxidation sites excluding steroid dienone is 1. The van der Waals surface area contributed by atoms with E-state index in [-0.39, 0.29) is 41.2 Å². The number of nitrogens with one attached hydrogen (secondary N) is 1. The van der Waals surface area contributed by atoms with Crippen LogP contribution in [0.15, 0.2) is 67.3 Å². The average Bonchev–Trinajstić information content (AvgIpc) is 3.80. The monoisotopic (exact) mass is 698 g/mol. The number of pyridine rings is 1. The van der Waals surface area contributed by atoms with E-state index in [9.17, 15) is 14.4 Å². The molecule has 2 amide bonds. The maximum Gasteiger partial charge on any atom is 0.307 e. The van der Waals surface area contributed by atoms with E-state index in [2.05, 4.69) is 37.6 Å². The molecular weight excluding hydrogens is 644 g/mol. The summed E-state index contributed by atoms with van der Waals surface area (Å²) in [5.74, 6) is 0.777. The Bertz CT molecular complexity index is 1680. The second-order valence-corrected chi connectivity index (χ2v) is 14.8. The van der Waals surface area contributed by atoms with Gasteiger partial charge in [0.1, 0.15) is 23.6 Å². The van der Waals surface area contributed by atoms with Gasteiger partial charge < -0.3 is 24.8 Å². The number of benzene rings is 2. The lowest BCUT2D eigenvalue weighted by Crippen LogP contribution is -2.58. The van der Waals surface area contributed by atoms with Gasteiger partial charge >= 0.3 is 5.97 Å². The number of aliphatic carboxylic acids is 1. The molecule has 1 aliphatic carbocycles. The van der Waals surface area contributed by atoms with Crippen LogP contribution in [0.4, 0.5) is 0 Å². The number of rotatable bonds is 11. The minimum atomic E-state index is -0.685. The van der Waals surface area contributed by atoms with Crippen molar-refractivity contribution in [2.75, 3.05) is 32.8 Å². The van der Waals surface area contributed by atoms with Crippen LogP contribution in [-0.4, -0.2) is 88.6 Å². The molecule has 2 unspecified atom stereocenters. The van der Waals surface area contributed by atoms with Crippen LogP contribution in [0.5, 0.6) is 11.5 Å². The number of carboxylic acid groups (broad SMARTS) is 1. The third kappa shape index (κ3) is 9.27. The molecule has 3 heterocycles. The summed E-state index contributed by atoms with van der Waals surface area (Å²) in [5, 5.41) is 12.1. The lowest BCUT2D eigenvalue weighted by Gasteiger charge is -2.43. The van der Waals surface area contributed by atoms with E-state index < -0.39 is 12.0 Å². The molecular formula is C41H54N4O6. The maximum atomic E-state index is 14.4. The van der Waals surface area contributed by atoms with Crippen molar-refractivity contribution in [3.05, 3.63) is 67.3 Å². The van der Waals surface area contributed by atoms with Crippen molar-refractivity contribution in [2.24, 2.45) is 17.3 Å². The molecule has 1 aromatic heterocycles. The first kappa shape index (κ1) is 37.8. The number of likely N-dealkylation sites (N-methyl/N-ethyl adjacent to an activating group) is 1. The van der Waals surface area contributed by atoms with Gasteiger partial charge in [-0.15, -0.1) is 6.58 Å². The molecule has 3 aliphatic rings. The van der Waals surface area contributed by atoms with E-state index >= 15 is 0 Å². The molecule has 274 valence electrons. The predicted octanol–water partition coefficient (Wildman–Crippen LogP) is 6.58. The molecule has 51 heavy (non-hydrogen) atoms. The number of aromatic nitrogens is 1. The van der Waals surface area contributed by atoms with Gasteiger partial charge in [-0.3, -0.25) is 19.3 Å². The predicted molar refractivity (Wildman–Crippen MR) is 200 cm³/mol. The topological polar surface area (TPSA) is 121 Å². The van der Waals surface area contributed by atoms with Gasteiger partial charge in [-0.05, 0) is 69.7 Å². The minimum Gasteiger partial charge on any atom is -0.494 e. The molecule has 5 atom stereocenters. The lowest BCUT2D eigenvalue weighted by molar-refractivity contribution is -0.146. The zero-order valence-corrected chi connectivity index (χ0v) is 30.8. The fourth-order valence-corrected chi connectivity index (χ4v) is 7.30. The summed E-state index contributed by atoms with van der Waals surface area (Å²) in [7, 11) is 0. The van der Waals surface area contributed by atoms with Crippen LogP contribution in [0.3, 0.4) is 0 Å². The van der Waals surface area contributed by atoms with E-state index in [0.717, 1.165) is 60.3 Å². The molecule has 0 spiro atoms. The first-order chi connectivity index (χ1) is 24.4. The zero-order chi connectivity index (χ0) is 36.7. The number of hydrogen-bond donors (Lipinski definition) is 2. The molecule has 0 radical (unpaired) electrons. The van der Waals surface area contributed by atoms with Gasteiger partial charge in [0.15, 0.2) is 0 Å². The van der Waals surface area contributed by atoms with Gasteiger partial charge in [0.25, 0.3) is 0 Å². The van der Waals surface area contributed by atoms with Crippen molar-refractivity contribution in [1.82, 2.24) is 20.1 Å². The second-order valence-electron chi connectivity index (χ2n) is 14.8. The fraction of sp³-hybridized carbons (Fsp3) is 0.512. The summed E-state index contributed by atoms with van der Waals surface area (Å²) in [6, 6.07) is 16.9. The Morgan fingerprint density at radius 3 is 2.35 bits per heavy atom. The molecule has 2 N–H and O–H groups in total. The van der Waals surface area contributed by atoms with E-state index in [1.54, 1.807) is 11.0 Å². The Balaban J connectivity index is 0.000000556. The number of hydrogen-bond acceptors (Lipinski definition) is 7. The van der Waals surface area contributed by atoms with Gasteiger partial charge in [-0.1, -0.05) is 63.6 Å². The van der Waals surface area contributed by atoms with Gasteiger partial charge in [-0.25, -0.2) is 4.98 Å². The van der Waals surface area contributed by atoms with Gasteiger partial charge in [0.05, 0.1) is 36.3 Å². The normalized spacial score (nSPS) is 22.3. The highest BCUT2D eigenvalue weighted by molar-refractivity contribution is 5.91. The average molecular weight is 699 g/mol. The number of fused-ring (bicyclic) bond motifs is 1. The van der Waals surface area contributed by atoms with Gasteiger partial charge in [0, 0.05) is 36.0 Å². The van der Waals surface area contributed by atoms with Gasteiger partial charge in [0.2, 0.25) is 11.8 Å². The molecule has 2 aliphatic heterocycles. The number of piperidine rings is 1. The van der Waals surface area contributed by atoms with Crippen LogP contribution >= 0.6 is 0 Å². The molecule has 3 aromatic rings. The summed E-state index contributed by atoms with van der Waals surface area (Å²) in [5.41, 5.74) is 2.27. The number of nitrogens with zero attached hydrogens (tertiary/aromatic N) is 3. The Kier molecular flexibility index (Phi) is 12.4. The Morgan fingerprint density at radius 1 is 1.04 bits per heavy atom. The SMILES string of the molecule is C=CC1CC1C(=O)O.CCNC(=O)[C@@H]1C[C@@H](Oc2cc(-c3ccccc3)nc3cc(OCC)ccc23)CN1C(=O)[C@@H](N1CCCCC1)C(C)(C)C. The first-order valence-corrected chi connectivity index (χ1v) is 18.4.